The summed E-state index contributed by atoms with van der Waals surface area (Å²) >= 11 is 0. The van der Waals surface area contributed by atoms with Gasteiger partial charge >= 0.3 is 0 Å². The standard InChI is InChI=1S/C14H27N3O2/c1-12(15)6-5-7-13(18)16-9-8-14(19)17-10-3-2-4-11-17/h12H,2-11,15H2,1H3,(H,16,18). The van der Waals surface area contributed by atoms with Gasteiger partial charge < -0.3 is 16.0 Å². The second-order valence-electron chi connectivity index (χ2n) is 5.41. The van der Waals surface area contributed by atoms with Crippen LogP contribution < -0.4 is 11.1 Å². The van der Waals surface area contributed by atoms with Crippen LogP contribution >= 0.6 is 0 Å². The Morgan fingerprint density at radius 1 is 1.21 bits per heavy atom. The van der Waals surface area contributed by atoms with Crippen molar-refractivity contribution in [2.45, 2.75) is 57.9 Å². The molecule has 1 heterocycles. The molecule has 110 valence electrons. The van der Waals surface area contributed by atoms with Gasteiger partial charge in [0.25, 0.3) is 0 Å². The molecule has 0 aliphatic carbocycles. The molecule has 1 atom stereocenters. The summed E-state index contributed by atoms with van der Waals surface area (Å²) in [5.41, 5.74) is 5.62. The molecule has 0 bridgehead atoms. The number of amides is 2. The van der Waals surface area contributed by atoms with Crippen LogP contribution in [0.4, 0.5) is 0 Å². The zero-order chi connectivity index (χ0) is 14.1. The van der Waals surface area contributed by atoms with Crippen molar-refractivity contribution in [2.75, 3.05) is 19.6 Å². The maximum atomic E-state index is 11.8. The lowest BCUT2D eigenvalue weighted by atomic mass is 10.1. The number of rotatable bonds is 7. The van der Waals surface area contributed by atoms with Crippen molar-refractivity contribution in [3.8, 4) is 0 Å². The van der Waals surface area contributed by atoms with Crippen molar-refractivity contribution in [3.05, 3.63) is 0 Å². The van der Waals surface area contributed by atoms with E-state index in [0.717, 1.165) is 38.8 Å². The summed E-state index contributed by atoms with van der Waals surface area (Å²) in [6.45, 7) is 4.14. The zero-order valence-corrected chi connectivity index (χ0v) is 12.0. The number of nitrogens with two attached hydrogens (primary N) is 1. The third-order valence-corrected chi connectivity index (χ3v) is 3.43. The van der Waals surface area contributed by atoms with E-state index in [1.54, 1.807) is 0 Å². The number of likely N-dealkylation sites (tertiary alicyclic amines) is 1. The molecule has 2 amide bonds. The normalized spacial score (nSPS) is 17.1. The quantitative estimate of drug-likeness (QED) is 0.724. The molecule has 1 rings (SSSR count). The van der Waals surface area contributed by atoms with Gasteiger partial charge in [-0.15, -0.1) is 0 Å². The molecular formula is C14H27N3O2. The first-order valence-electron chi connectivity index (χ1n) is 7.39. The van der Waals surface area contributed by atoms with Gasteiger partial charge in [-0.05, 0) is 39.0 Å². The highest BCUT2D eigenvalue weighted by Crippen LogP contribution is 2.09. The summed E-state index contributed by atoms with van der Waals surface area (Å²) in [5.74, 6) is 0.183. The molecule has 1 aliphatic rings. The van der Waals surface area contributed by atoms with Crippen molar-refractivity contribution in [3.63, 3.8) is 0 Å². The molecule has 1 saturated heterocycles. The number of nitrogens with one attached hydrogen (secondary N) is 1. The lowest BCUT2D eigenvalue weighted by molar-refractivity contribution is -0.132. The van der Waals surface area contributed by atoms with Crippen LogP contribution in [0.5, 0.6) is 0 Å². The number of hydrogen-bond donors (Lipinski definition) is 2. The van der Waals surface area contributed by atoms with Gasteiger partial charge in [-0.25, -0.2) is 0 Å². The Hall–Kier alpha value is -1.10. The van der Waals surface area contributed by atoms with Crippen LogP contribution in [0.15, 0.2) is 0 Å². The van der Waals surface area contributed by atoms with Crippen molar-refractivity contribution in [1.29, 1.82) is 0 Å². The molecule has 1 unspecified atom stereocenters. The molecular weight excluding hydrogens is 242 g/mol. The van der Waals surface area contributed by atoms with Crippen LogP contribution in [0.1, 0.15) is 51.9 Å². The molecule has 0 aromatic carbocycles. The lowest BCUT2D eigenvalue weighted by Gasteiger charge is -2.26. The Morgan fingerprint density at radius 3 is 2.53 bits per heavy atom. The maximum absolute atomic E-state index is 11.8. The first-order valence-corrected chi connectivity index (χ1v) is 7.39. The Labute approximate surface area is 115 Å². The van der Waals surface area contributed by atoms with Crippen molar-refractivity contribution in [1.82, 2.24) is 10.2 Å². The third kappa shape index (κ3) is 7.15. The number of piperidine rings is 1. The van der Waals surface area contributed by atoms with Gasteiger partial charge in [0.2, 0.25) is 11.8 Å². The summed E-state index contributed by atoms with van der Waals surface area (Å²) in [6, 6.07) is 0.147. The van der Waals surface area contributed by atoms with Gasteiger partial charge in [-0.1, -0.05) is 0 Å². The van der Waals surface area contributed by atoms with E-state index in [1.165, 1.54) is 6.42 Å². The minimum atomic E-state index is 0.0205. The van der Waals surface area contributed by atoms with Crippen molar-refractivity contribution < 1.29 is 9.59 Å². The van der Waals surface area contributed by atoms with Gasteiger partial charge in [-0.2, -0.15) is 0 Å². The molecule has 0 spiro atoms. The fourth-order valence-corrected chi connectivity index (χ4v) is 2.28. The molecule has 0 aromatic rings. The Kier molecular flexibility index (Phi) is 7.48. The van der Waals surface area contributed by atoms with Crippen LogP contribution in [-0.4, -0.2) is 42.4 Å². The SMILES string of the molecule is CC(N)CCCC(=O)NCCC(=O)N1CCCCC1. The number of nitrogens with zero attached hydrogens (tertiary/aromatic N) is 1. The minimum Gasteiger partial charge on any atom is -0.356 e. The Bertz CT molecular complexity index is 286. The molecule has 0 aromatic heterocycles. The molecule has 0 saturated carbocycles. The summed E-state index contributed by atoms with van der Waals surface area (Å²) in [6.07, 6.45) is 6.02. The van der Waals surface area contributed by atoms with E-state index in [2.05, 4.69) is 5.32 Å². The topological polar surface area (TPSA) is 75.4 Å². The minimum absolute atomic E-state index is 0.0205. The smallest absolute Gasteiger partial charge is 0.224 e. The van der Waals surface area contributed by atoms with E-state index < -0.39 is 0 Å². The molecule has 1 fully saturated rings. The lowest BCUT2D eigenvalue weighted by Crippen LogP contribution is -2.37. The monoisotopic (exact) mass is 269 g/mol. The maximum Gasteiger partial charge on any atom is 0.224 e. The Balaban J connectivity index is 2.05. The summed E-state index contributed by atoms with van der Waals surface area (Å²) in [4.78, 5) is 25.3. The number of carbonyl (C=O) groups excluding carboxylic acids is 2. The highest BCUT2D eigenvalue weighted by molar-refractivity contribution is 5.79. The van der Waals surface area contributed by atoms with Gasteiger partial charge in [0.15, 0.2) is 0 Å². The van der Waals surface area contributed by atoms with E-state index >= 15 is 0 Å². The van der Waals surface area contributed by atoms with E-state index in [4.69, 9.17) is 5.73 Å². The second-order valence-corrected chi connectivity index (χ2v) is 5.41. The third-order valence-electron chi connectivity index (χ3n) is 3.43. The summed E-state index contributed by atoms with van der Waals surface area (Å²) in [5, 5.41) is 2.80. The van der Waals surface area contributed by atoms with E-state index in [-0.39, 0.29) is 17.9 Å². The largest absolute Gasteiger partial charge is 0.356 e. The average molecular weight is 269 g/mol. The predicted octanol–water partition coefficient (Wildman–Crippen LogP) is 1.02. The zero-order valence-electron chi connectivity index (χ0n) is 12.0. The summed E-state index contributed by atoms with van der Waals surface area (Å²) in [7, 11) is 0. The summed E-state index contributed by atoms with van der Waals surface area (Å²) < 4.78 is 0. The van der Waals surface area contributed by atoms with Crippen molar-refractivity contribution in [2.24, 2.45) is 5.73 Å². The van der Waals surface area contributed by atoms with Gasteiger partial charge in [-0.3, -0.25) is 9.59 Å². The van der Waals surface area contributed by atoms with E-state index in [9.17, 15) is 9.59 Å². The molecule has 19 heavy (non-hydrogen) atoms. The van der Waals surface area contributed by atoms with Crippen LogP contribution in [0.2, 0.25) is 0 Å². The number of carbonyl (C=O) groups is 2. The van der Waals surface area contributed by atoms with Crippen LogP contribution in [-0.2, 0) is 9.59 Å². The van der Waals surface area contributed by atoms with E-state index in [0.29, 0.717) is 19.4 Å². The molecule has 0 radical (unpaired) electrons. The fraction of sp³-hybridized carbons (Fsp3) is 0.857. The molecule has 3 N–H and O–H groups in total. The van der Waals surface area contributed by atoms with Crippen molar-refractivity contribution >= 4 is 11.8 Å². The molecule has 1 aliphatic heterocycles. The highest BCUT2D eigenvalue weighted by atomic mass is 16.2. The van der Waals surface area contributed by atoms with Gasteiger partial charge in [0.1, 0.15) is 0 Å². The average Bonchev–Trinajstić information content (AvgIpc) is 2.39. The molecule has 5 heteroatoms. The van der Waals surface area contributed by atoms with E-state index in [1.807, 2.05) is 11.8 Å². The highest BCUT2D eigenvalue weighted by Gasteiger charge is 2.15. The van der Waals surface area contributed by atoms with Crippen LogP contribution in [0.3, 0.4) is 0 Å². The first-order chi connectivity index (χ1) is 9.09. The number of hydrogen-bond acceptors (Lipinski definition) is 3. The van der Waals surface area contributed by atoms with Crippen LogP contribution in [0.25, 0.3) is 0 Å². The predicted molar refractivity (Wildman–Crippen MR) is 75.6 cm³/mol. The second kappa shape index (κ2) is 8.91. The van der Waals surface area contributed by atoms with Gasteiger partial charge in [0.05, 0.1) is 0 Å². The molecule has 5 nitrogen and oxygen atoms in total. The first kappa shape index (κ1) is 16.0. The van der Waals surface area contributed by atoms with Crippen LogP contribution in [0, 0.1) is 0 Å². The Morgan fingerprint density at radius 2 is 1.89 bits per heavy atom. The fourth-order valence-electron chi connectivity index (χ4n) is 2.28. The van der Waals surface area contributed by atoms with Gasteiger partial charge in [0, 0.05) is 38.5 Å².